The van der Waals surface area contributed by atoms with E-state index in [0.29, 0.717) is 13.0 Å². The van der Waals surface area contributed by atoms with Gasteiger partial charge in [-0.25, -0.2) is 0 Å². The second-order valence-electron chi connectivity index (χ2n) is 3.96. The van der Waals surface area contributed by atoms with E-state index in [2.05, 4.69) is 5.32 Å². The van der Waals surface area contributed by atoms with Gasteiger partial charge in [-0.05, 0) is 13.0 Å². The summed E-state index contributed by atoms with van der Waals surface area (Å²) in [4.78, 5) is 11.3. The van der Waals surface area contributed by atoms with Crippen molar-refractivity contribution in [3.05, 3.63) is 29.8 Å². The Bertz CT molecular complexity index is 392. The fourth-order valence-electron chi connectivity index (χ4n) is 1.89. The minimum atomic E-state index is -0.255. The topological polar surface area (TPSA) is 58.6 Å². The molecule has 86 valence electrons. The highest BCUT2D eigenvalue weighted by Crippen LogP contribution is 2.24. The number of rotatable bonds is 3. The molecule has 1 aromatic carbocycles. The molecule has 1 fully saturated rings. The first-order valence-corrected chi connectivity index (χ1v) is 5.39. The average molecular weight is 221 g/mol. The number of para-hydroxylation sites is 1. The predicted octanol–water partition coefficient (Wildman–Crippen LogP) is 1.36. The van der Waals surface area contributed by atoms with Gasteiger partial charge >= 0.3 is 5.97 Å². The molecule has 0 amide bonds. The van der Waals surface area contributed by atoms with Crippen molar-refractivity contribution in [1.29, 1.82) is 0 Å². The molecule has 1 heterocycles. The van der Waals surface area contributed by atoms with Crippen LogP contribution >= 0.6 is 0 Å². The van der Waals surface area contributed by atoms with Crippen LogP contribution in [0.2, 0.25) is 0 Å². The maximum Gasteiger partial charge on any atom is 0.323 e. The third kappa shape index (κ3) is 2.17. The van der Waals surface area contributed by atoms with Gasteiger partial charge in [-0.1, -0.05) is 18.2 Å². The summed E-state index contributed by atoms with van der Waals surface area (Å²) in [5.74, 6) is 0.0381. The molecule has 0 aromatic heterocycles. The second kappa shape index (κ2) is 4.53. The molecule has 0 aliphatic carbocycles. The van der Waals surface area contributed by atoms with Crippen molar-refractivity contribution in [1.82, 2.24) is 5.32 Å². The molecular weight excluding hydrogens is 206 g/mol. The van der Waals surface area contributed by atoms with Crippen molar-refractivity contribution in [2.75, 3.05) is 6.61 Å². The zero-order valence-corrected chi connectivity index (χ0v) is 9.14. The van der Waals surface area contributed by atoms with Crippen LogP contribution < -0.4 is 5.32 Å². The van der Waals surface area contributed by atoms with E-state index >= 15 is 0 Å². The third-order valence-corrected chi connectivity index (χ3v) is 2.79. The molecule has 2 atom stereocenters. The molecule has 4 nitrogen and oxygen atoms in total. The van der Waals surface area contributed by atoms with E-state index in [1.54, 1.807) is 12.1 Å². The molecule has 1 saturated heterocycles. The Morgan fingerprint density at radius 2 is 2.25 bits per heavy atom. The molecule has 2 N–H and O–H groups in total. The minimum absolute atomic E-state index is 0.0724. The number of phenols is 1. The van der Waals surface area contributed by atoms with Gasteiger partial charge in [0.1, 0.15) is 11.8 Å². The number of phenolic OH excluding ortho intramolecular Hbond substituents is 1. The highest BCUT2D eigenvalue weighted by Gasteiger charge is 2.28. The zero-order valence-electron chi connectivity index (χ0n) is 9.14. The van der Waals surface area contributed by atoms with E-state index < -0.39 is 0 Å². The Hall–Kier alpha value is -1.55. The first kappa shape index (κ1) is 11.0. The average Bonchev–Trinajstić information content (AvgIpc) is 2.65. The van der Waals surface area contributed by atoms with E-state index in [1.165, 1.54) is 0 Å². The van der Waals surface area contributed by atoms with Crippen molar-refractivity contribution >= 4 is 5.97 Å². The normalized spacial score (nSPS) is 21.8. The van der Waals surface area contributed by atoms with Crippen molar-refractivity contribution < 1.29 is 14.6 Å². The molecule has 0 bridgehead atoms. The van der Waals surface area contributed by atoms with E-state index in [1.807, 2.05) is 19.1 Å². The lowest BCUT2D eigenvalue weighted by atomic mass is 10.1. The SMILES string of the molecule is CC(NC1CCOC1=O)c1ccccc1O. The Morgan fingerprint density at radius 3 is 2.88 bits per heavy atom. The van der Waals surface area contributed by atoms with E-state index in [9.17, 15) is 9.90 Å². The Balaban J connectivity index is 2.05. The Morgan fingerprint density at radius 1 is 1.50 bits per heavy atom. The number of hydrogen-bond donors (Lipinski definition) is 2. The smallest absolute Gasteiger partial charge is 0.323 e. The third-order valence-electron chi connectivity index (χ3n) is 2.79. The zero-order chi connectivity index (χ0) is 11.5. The number of nitrogens with one attached hydrogen (secondary N) is 1. The van der Waals surface area contributed by atoms with Gasteiger partial charge in [-0.2, -0.15) is 0 Å². The molecule has 1 aliphatic rings. The highest BCUT2D eigenvalue weighted by molar-refractivity contribution is 5.77. The monoisotopic (exact) mass is 221 g/mol. The number of esters is 1. The number of benzene rings is 1. The maximum absolute atomic E-state index is 11.3. The van der Waals surface area contributed by atoms with E-state index in [0.717, 1.165) is 5.56 Å². The number of cyclic esters (lactones) is 1. The summed E-state index contributed by atoms with van der Waals surface area (Å²) in [6.45, 7) is 2.39. The van der Waals surface area contributed by atoms with Crippen LogP contribution in [0.15, 0.2) is 24.3 Å². The number of carbonyl (C=O) groups excluding carboxylic acids is 1. The van der Waals surface area contributed by atoms with Crippen LogP contribution in [0, 0.1) is 0 Å². The van der Waals surface area contributed by atoms with Gasteiger partial charge in [0.05, 0.1) is 6.61 Å². The quantitative estimate of drug-likeness (QED) is 0.757. The molecule has 0 spiro atoms. The maximum atomic E-state index is 11.3. The summed E-state index contributed by atoms with van der Waals surface area (Å²) < 4.78 is 4.87. The lowest BCUT2D eigenvalue weighted by Crippen LogP contribution is -2.35. The van der Waals surface area contributed by atoms with Crippen molar-refractivity contribution in [3.8, 4) is 5.75 Å². The van der Waals surface area contributed by atoms with Gasteiger partial charge in [0.2, 0.25) is 0 Å². The molecule has 0 saturated carbocycles. The standard InChI is InChI=1S/C12H15NO3/c1-8(9-4-2-3-5-11(9)14)13-10-6-7-16-12(10)15/h2-5,8,10,13-14H,6-7H2,1H3. The first-order chi connectivity index (χ1) is 7.68. The fraction of sp³-hybridized carbons (Fsp3) is 0.417. The summed E-state index contributed by atoms with van der Waals surface area (Å²) in [6.07, 6.45) is 0.691. The Labute approximate surface area is 94.2 Å². The molecule has 4 heteroatoms. The van der Waals surface area contributed by atoms with Gasteiger partial charge in [-0.3, -0.25) is 10.1 Å². The van der Waals surface area contributed by atoms with Gasteiger partial charge in [-0.15, -0.1) is 0 Å². The number of ether oxygens (including phenoxy) is 1. The summed E-state index contributed by atoms with van der Waals surface area (Å²) in [6, 6.07) is 6.79. The molecule has 2 rings (SSSR count). The van der Waals surface area contributed by atoms with E-state index in [4.69, 9.17) is 4.74 Å². The summed E-state index contributed by atoms with van der Waals surface area (Å²) in [5, 5.41) is 12.8. The Kier molecular flexibility index (Phi) is 3.10. The van der Waals surface area contributed by atoms with Crippen molar-refractivity contribution in [2.45, 2.75) is 25.4 Å². The molecular formula is C12H15NO3. The van der Waals surface area contributed by atoms with Gasteiger partial charge in [0.25, 0.3) is 0 Å². The van der Waals surface area contributed by atoms with Gasteiger partial charge in [0, 0.05) is 18.0 Å². The summed E-state index contributed by atoms with van der Waals surface area (Å²) >= 11 is 0. The molecule has 1 aliphatic heterocycles. The van der Waals surface area contributed by atoms with Crippen LogP contribution in [-0.4, -0.2) is 23.7 Å². The van der Waals surface area contributed by atoms with Crippen LogP contribution in [0.1, 0.15) is 24.9 Å². The van der Waals surface area contributed by atoms with E-state index in [-0.39, 0.29) is 23.8 Å². The van der Waals surface area contributed by atoms with Crippen LogP contribution in [-0.2, 0) is 9.53 Å². The molecule has 16 heavy (non-hydrogen) atoms. The molecule has 2 unspecified atom stereocenters. The van der Waals surface area contributed by atoms with Crippen LogP contribution in [0.25, 0.3) is 0 Å². The number of aromatic hydroxyl groups is 1. The van der Waals surface area contributed by atoms with Crippen LogP contribution in [0.5, 0.6) is 5.75 Å². The van der Waals surface area contributed by atoms with Gasteiger partial charge in [0.15, 0.2) is 0 Å². The predicted molar refractivity (Wildman–Crippen MR) is 59.0 cm³/mol. The van der Waals surface area contributed by atoms with Crippen molar-refractivity contribution in [2.24, 2.45) is 0 Å². The molecule has 0 radical (unpaired) electrons. The van der Waals surface area contributed by atoms with Gasteiger partial charge < -0.3 is 9.84 Å². The largest absolute Gasteiger partial charge is 0.508 e. The second-order valence-corrected chi connectivity index (χ2v) is 3.96. The number of hydrogen-bond acceptors (Lipinski definition) is 4. The lowest BCUT2D eigenvalue weighted by Gasteiger charge is -2.18. The van der Waals surface area contributed by atoms with Crippen molar-refractivity contribution in [3.63, 3.8) is 0 Å². The number of carbonyl (C=O) groups is 1. The lowest BCUT2D eigenvalue weighted by molar-refractivity contribution is -0.139. The fourth-order valence-corrected chi connectivity index (χ4v) is 1.89. The van der Waals surface area contributed by atoms with Crippen LogP contribution in [0.4, 0.5) is 0 Å². The highest BCUT2D eigenvalue weighted by atomic mass is 16.5. The first-order valence-electron chi connectivity index (χ1n) is 5.39. The van der Waals surface area contributed by atoms with Crippen LogP contribution in [0.3, 0.4) is 0 Å². The summed E-state index contributed by atoms with van der Waals surface area (Å²) in [5.41, 5.74) is 0.794. The summed E-state index contributed by atoms with van der Waals surface area (Å²) in [7, 11) is 0. The molecule has 1 aromatic rings. The minimum Gasteiger partial charge on any atom is -0.508 e.